The smallest absolute Gasteiger partial charge is 0.409 e. The van der Waals surface area contributed by atoms with Crippen molar-refractivity contribution in [3.8, 4) is 0 Å². The number of aliphatic hydroxyl groups excluding tert-OH is 1. The third-order valence-electron chi connectivity index (χ3n) is 4.43. The normalized spacial score (nSPS) is 39.3. The number of esters is 1. The monoisotopic (exact) mass is 299 g/mol. The zero-order valence-electron chi connectivity index (χ0n) is 11.7. The van der Waals surface area contributed by atoms with E-state index in [0.29, 0.717) is 12.0 Å². The standard InChI is InChI=1S/C13H17NO7/c1-14-12(17)20-11-9-6(3-8-13(9,5-15)21-8)7(4-19-11)10(16)18-2/h4,6,8-9,11,15H,3,5H2,1-2H3,(H,14,17)/t6?,8?,9?,11?,13-/m0/s1. The van der Waals surface area contributed by atoms with Crippen LogP contribution in [0.15, 0.2) is 11.8 Å². The van der Waals surface area contributed by atoms with Crippen LogP contribution in [0.25, 0.3) is 0 Å². The van der Waals surface area contributed by atoms with E-state index in [9.17, 15) is 14.7 Å². The molecule has 3 rings (SSSR count). The summed E-state index contributed by atoms with van der Waals surface area (Å²) in [4.78, 5) is 23.2. The number of aliphatic hydroxyl groups is 1. The summed E-state index contributed by atoms with van der Waals surface area (Å²) in [7, 11) is 2.73. The Labute approximate surface area is 121 Å². The van der Waals surface area contributed by atoms with E-state index in [0.717, 1.165) is 0 Å². The predicted molar refractivity (Wildman–Crippen MR) is 66.8 cm³/mol. The van der Waals surface area contributed by atoms with Crippen LogP contribution < -0.4 is 5.32 Å². The van der Waals surface area contributed by atoms with Gasteiger partial charge in [-0.15, -0.1) is 0 Å². The Morgan fingerprint density at radius 2 is 2.33 bits per heavy atom. The molecule has 2 aliphatic heterocycles. The molecule has 116 valence electrons. The molecule has 2 N–H and O–H groups in total. The van der Waals surface area contributed by atoms with Crippen LogP contribution in [0.2, 0.25) is 0 Å². The molecule has 8 heteroatoms. The molecule has 0 aromatic rings. The third kappa shape index (κ3) is 1.97. The lowest BCUT2D eigenvalue weighted by Crippen LogP contribution is -2.46. The topological polar surface area (TPSA) is 107 Å². The maximum absolute atomic E-state index is 11.8. The van der Waals surface area contributed by atoms with Gasteiger partial charge in [0.1, 0.15) is 5.60 Å². The molecule has 5 atom stereocenters. The molecule has 8 nitrogen and oxygen atoms in total. The van der Waals surface area contributed by atoms with E-state index in [1.165, 1.54) is 20.4 Å². The van der Waals surface area contributed by atoms with E-state index in [2.05, 4.69) is 5.32 Å². The molecule has 2 heterocycles. The molecule has 1 saturated carbocycles. The Morgan fingerprint density at radius 1 is 1.57 bits per heavy atom. The van der Waals surface area contributed by atoms with Gasteiger partial charge in [-0.25, -0.2) is 9.59 Å². The summed E-state index contributed by atoms with van der Waals surface area (Å²) < 4.78 is 20.9. The molecule has 0 aromatic heterocycles. The van der Waals surface area contributed by atoms with Gasteiger partial charge in [-0.3, -0.25) is 0 Å². The second kappa shape index (κ2) is 4.88. The summed E-state index contributed by atoms with van der Waals surface area (Å²) in [5, 5.41) is 12.0. The Morgan fingerprint density at radius 3 is 2.95 bits per heavy atom. The Hall–Kier alpha value is -1.80. The van der Waals surface area contributed by atoms with E-state index in [1.54, 1.807) is 0 Å². The molecule has 1 aliphatic carbocycles. The molecule has 2 fully saturated rings. The van der Waals surface area contributed by atoms with Gasteiger partial charge in [0.15, 0.2) is 0 Å². The van der Waals surface area contributed by atoms with E-state index in [4.69, 9.17) is 18.9 Å². The number of hydrogen-bond donors (Lipinski definition) is 2. The summed E-state index contributed by atoms with van der Waals surface area (Å²) >= 11 is 0. The predicted octanol–water partition coefficient (Wildman–Crippen LogP) is -0.478. The summed E-state index contributed by atoms with van der Waals surface area (Å²) in [6.45, 7) is -0.218. The van der Waals surface area contributed by atoms with E-state index < -0.39 is 29.9 Å². The minimum absolute atomic E-state index is 0.164. The first-order valence-electron chi connectivity index (χ1n) is 6.68. The van der Waals surface area contributed by atoms with Gasteiger partial charge in [0.2, 0.25) is 0 Å². The molecule has 0 bridgehead atoms. The van der Waals surface area contributed by atoms with E-state index in [1.807, 2.05) is 0 Å². The van der Waals surface area contributed by atoms with Crippen molar-refractivity contribution in [2.24, 2.45) is 11.8 Å². The van der Waals surface area contributed by atoms with Crippen molar-refractivity contribution >= 4 is 12.1 Å². The number of alkyl carbamates (subject to hydrolysis) is 1. The average Bonchev–Trinajstić information content (AvgIpc) is 3.11. The summed E-state index contributed by atoms with van der Waals surface area (Å²) in [5.74, 6) is -1.16. The minimum atomic E-state index is -0.914. The van der Waals surface area contributed by atoms with Crippen LogP contribution in [-0.2, 0) is 23.7 Å². The second-order valence-corrected chi connectivity index (χ2v) is 5.31. The number of nitrogens with one attached hydrogen (secondary N) is 1. The highest BCUT2D eigenvalue weighted by Crippen LogP contribution is 2.61. The second-order valence-electron chi connectivity index (χ2n) is 5.31. The Bertz CT molecular complexity index is 501. The van der Waals surface area contributed by atoms with Crippen LogP contribution in [0.3, 0.4) is 0 Å². The van der Waals surface area contributed by atoms with E-state index in [-0.39, 0.29) is 18.6 Å². The summed E-state index contributed by atoms with van der Waals surface area (Å²) in [6, 6.07) is 0. The molecular weight excluding hydrogens is 282 g/mol. The number of amides is 1. The fraction of sp³-hybridized carbons (Fsp3) is 0.692. The molecule has 0 radical (unpaired) electrons. The maximum atomic E-state index is 11.8. The van der Waals surface area contributed by atoms with Gasteiger partial charge < -0.3 is 29.4 Å². The molecule has 1 amide bonds. The highest BCUT2D eigenvalue weighted by Gasteiger charge is 2.73. The van der Waals surface area contributed by atoms with Crippen molar-refractivity contribution in [3.63, 3.8) is 0 Å². The zero-order chi connectivity index (χ0) is 15.2. The Kier molecular flexibility index (Phi) is 3.29. The lowest BCUT2D eigenvalue weighted by atomic mass is 9.81. The van der Waals surface area contributed by atoms with Crippen molar-refractivity contribution in [1.29, 1.82) is 0 Å². The van der Waals surface area contributed by atoms with Crippen LogP contribution in [0.5, 0.6) is 0 Å². The molecule has 0 spiro atoms. The molecular formula is C13H17NO7. The average molecular weight is 299 g/mol. The fourth-order valence-electron chi connectivity index (χ4n) is 3.37. The molecule has 21 heavy (non-hydrogen) atoms. The minimum Gasteiger partial charge on any atom is -0.466 e. The van der Waals surface area contributed by atoms with Gasteiger partial charge >= 0.3 is 12.1 Å². The number of ether oxygens (including phenoxy) is 4. The van der Waals surface area contributed by atoms with Gasteiger partial charge in [0, 0.05) is 13.0 Å². The number of fused-ring (bicyclic) bond motifs is 3. The largest absolute Gasteiger partial charge is 0.466 e. The molecule has 0 aromatic carbocycles. The number of hydrogen-bond acceptors (Lipinski definition) is 7. The lowest BCUT2D eigenvalue weighted by molar-refractivity contribution is -0.153. The number of carbonyl (C=O) groups is 2. The quantitative estimate of drug-likeness (QED) is 0.535. The first-order valence-corrected chi connectivity index (χ1v) is 6.68. The van der Waals surface area contributed by atoms with Crippen molar-refractivity contribution in [2.45, 2.75) is 24.4 Å². The van der Waals surface area contributed by atoms with Crippen molar-refractivity contribution < 1.29 is 33.6 Å². The van der Waals surface area contributed by atoms with Gasteiger partial charge in [0.25, 0.3) is 6.29 Å². The zero-order valence-corrected chi connectivity index (χ0v) is 11.7. The highest BCUT2D eigenvalue weighted by atomic mass is 16.7. The van der Waals surface area contributed by atoms with Crippen molar-refractivity contribution in [3.05, 3.63) is 11.8 Å². The molecule has 1 saturated heterocycles. The number of epoxide rings is 1. The number of carbonyl (C=O) groups excluding carboxylic acids is 2. The van der Waals surface area contributed by atoms with Crippen molar-refractivity contribution in [1.82, 2.24) is 5.32 Å². The first kappa shape index (κ1) is 14.2. The van der Waals surface area contributed by atoms with E-state index >= 15 is 0 Å². The number of methoxy groups -OCH3 is 1. The van der Waals surface area contributed by atoms with Gasteiger partial charge in [-0.05, 0) is 6.42 Å². The summed E-state index contributed by atoms with van der Waals surface area (Å²) in [5.41, 5.74) is -0.431. The van der Waals surface area contributed by atoms with Crippen LogP contribution in [0.4, 0.5) is 4.79 Å². The van der Waals surface area contributed by atoms with Crippen LogP contribution in [0.1, 0.15) is 6.42 Å². The fourth-order valence-corrected chi connectivity index (χ4v) is 3.37. The maximum Gasteiger partial charge on any atom is 0.409 e. The SMILES string of the molecule is CNC(=O)OC1OC=C(C(=O)OC)C2CC3O[C@]3(CO)C12. The van der Waals surface area contributed by atoms with Crippen LogP contribution >= 0.6 is 0 Å². The number of rotatable bonds is 3. The van der Waals surface area contributed by atoms with Gasteiger partial charge in [0.05, 0.1) is 37.6 Å². The first-order chi connectivity index (χ1) is 10.1. The van der Waals surface area contributed by atoms with Gasteiger partial charge in [-0.1, -0.05) is 0 Å². The highest BCUT2D eigenvalue weighted by molar-refractivity contribution is 5.89. The third-order valence-corrected chi connectivity index (χ3v) is 4.43. The molecule has 4 unspecified atom stereocenters. The Balaban J connectivity index is 1.89. The van der Waals surface area contributed by atoms with Crippen LogP contribution in [-0.4, -0.2) is 55.9 Å². The summed E-state index contributed by atoms with van der Waals surface area (Å²) in [6.07, 6.45) is 0.108. The van der Waals surface area contributed by atoms with Crippen LogP contribution in [0, 0.1) is 11.8 Å². The lowest BCUT2D eigenvalue weighted by Gasteiger charge is -2.36. The van der Waals surface area contributed by atoms with Crippen molar-refractivity contribution in [2.75, 3.05) is 20.8 Å². The molecule has 3 aliphatic rings. The van der Waals surface area contributed by atoms with Gasteiger partial charge in [-0.2, -0.15) is 0 Å².